The molecule has 130 valence electrons. The number of urea groups is 1. The Labute approximate surface area is 145 Å². The minimum absolute atomic E-state index is 0.0487. The number of anilines is 1. The molecule has 2 N–H and O–H groups in total. The maximum atomic E-state index is 12.7. The molecule has 0 aromatic carbocycles. The molecule has 0 aliphatic carbocycles. The molecule has 2 atom stereocenters. The molecule has 3 amide bonds. The summed E-state index contributed by atoms with van der Waals surface area (Å²) in [5.74, 6) is 0.547. The highest BCUT2D eigenvalue weighted by atomic mass is 16.2. The largest absolute Gasteiger partial charge is 0.351 e. The van der Waals surface area contributed by atoms with Gasteiger partial charge in [-0.2, -0.15) is 5.10 Å². The first-order chi connectivity index (χ1) is 12.1. The van der Waals surface area contributed by atoms with Gasteiger partial charge in [-0.25, -0.2) is 4.79 Å². The van der Waals surface area contributed by atoms with Gasteiger partial charge in [-0.3, -0.25) is 19.8 Å². The van der Waals surface area contributed by atoms with Crippen LogP contribution in [-0.4, -0.2) is 50.7 Å². The summed E-state index contributed by atoms with van der Waals surface area (Å²) in [6.45, 7) is 0.998. The summed E-state index contributed by atoms with van der Waals surface area (Å²) >= 11 is 0. The quantitative estimate of drug-likeness (QED) is 0.860. The Morgan fingerprint density at radius 1 is 1.28 bits per heavy atom. The summed E-state index contributed by atoms with van der Waals surface area (Å²) in [6.07, 6.45) is 3.48. The van der Waals surface area contributed by atoms with E-state index in [1.165, 1.54) is 0 Å². The number of fused-ring (bicyclic) bond motifs is 4. The zero-order chi connectivity index (χ0) is 17.4. The van der Waals surface area contributed by atoms with E-state index in [1.54, 1.807) is 28.9 Å². The molecule has 0 spiro atoms. The number of nitrogens with one attached hydrogen (secondary N) is 2. The predicted molar refractivity (Wildman–Crippen MR) is 91.7 cm³/mol. The fraction of sp³-hybridized carbons (Fsp3) is 0.412. The number of nitrogens with zero attached hydrogens (tertiary/aromatic N) is 4. The van der Waals surface area contributed by atoms with Crippen LogP contribution in [0, 0.1) is 5.92 Å². The molecule has 3 aliphatic rings. The second-order valence-corrected chi connectivity index (χ2v) is 6.57. The molecule has 5 heterocycles. The van der Waals surface area contributed by atoms with E-state index in [0.717, 1.165) is 18.5 Å². The summed E-state index contributed by atoms with van der Waals surface area (Å²) < 4.78 is 1.62. The minimum atomic E-state index is -0.205. The van der Waals surface area contributed by atoms with Gasteiger partial charge in [-0.1, -0.05) is 6.07 Å². The topological polar surface area (TPSA) is 92.2 Å². The van der Waals surface area contributed by atoms with Crippen LogP contribution in [0.4, 0.5) is 10.6 Å². The Morgan fingerprint density at radius 3 is 2.92 bits per heavy atom. The highest BCUT2D eigenvalue weighted by molar-refractivity contribution is 5.90. The molecule has 2 bridgehead atoms. The van der Waals surface area contributed by atoms with Crippen LogP contribution in [0.25, 0.3) is 11.4 Å². The lowest BCUT2D eigenvalue weighted by molar-refractivity contribution is -0.126. The maximum Gasteiger partial charge on any atom is 0.323 e. The van der Waals surface area contributed by atoms with Gasteiger partial charge < -0.3 is 10.2 Å². The van der Waals surface area contributed by atoms with Crippen molar-refractivity contribution in [1.29, 1.82) is 0 Å². The van der Waals surface area contributed by atoms with Crippen LogP contribution in [0.2, 0.25) is 0 Å². The van der Waals surface area contributed by atoms with Crippen LogP contribution in [0.1, 0.15) is 12.8 Å². The van der Waals surface area contributed by atoms with Gasteiger partial charge in [0.25, 0.3) is 0 Å². The van der Waals surface area contributed by atoms with Crippen molar-refractivity contribution in [3.8, 4) is 11.4 Å². The van der Waals surface area contributed by atoms with Crippen LogP contribution < -0.4 is 10.6 Å². The molecule has 3 aliphatic heterocycles. The summed E-state index contributed by atoms with van der Waals surface area (Å²) in [4.78, 5) is 30.6. The smallest absolute Gasteiger partial charge is 0.323 e. The molecular weight excluding hydrogens is 320 g/mol. The Balaban J connectivity index is 1.50. The van der Waals surface area contributed by atoms with Gasteiger partial charge in [0.15, 0.2) is 0 Å². The predicted octanol–water partition coefficient (Wildman–Crippen LogP) is 1.22. The van der Waals surface area contributed by atoms with Crippen LogP contribution in [0.15, 0.2) is 30.5 Å². The summed E-state index contributed by atoms with van der Waals surface area (Å²) in [5.41, 5.74) is 1.45. The molecule has 3 fully saturated rings. The summed E-state index contributed by atoms with van der Waals surface area (Å²) in [6, 6.07) is 7.26. The standard InChI is InChI=1S/C17H20N6O2/c1-22-15(8-14(21-22)13-4-2-3-7-18-13)20-17(25)23-9-11-5-6-12(10-23)19-16(11)24/h2-4,7-8,11-12H,5-6,9-10H2,1H3,(H,19,24)(H,20,25)/t11-,12+/m1/s1. The Morgan fingerprint density at radius 2 is 2.16 bits per heavy atom. The molecule has 2 aromatic heterocycles. The van der Waals surface area contributed by atoms with Gasteiger partial charge >= 0.3 is 6.03 Å². The van der Waals surface area contributed by atoms with Crippen molar-refractivity contribution < 1.29 is 9.59 Å². The average molecular weight is 340 g/mol. The molecule has 0 unspecified atom stereocenters. The first-order valence-corrected chi connectivity index (χ1v) is 8.42. The fourth-order valence-corrected chi connectivity index (χ4v) is 3.42. The van der Waals surface area contributed by atoms with Crippen LogP contribution in [0.5, 0.6) is 0 Å². The second kappa shape index (κ2) is 6.19. The van der Waals surface area contributed by atoms with Crippen molar-refractivity contribution >= 4 is 17.8 Å². The third kappa shape index (κ3) is 3.07. The Kier molecular flexibility index (Phi) is 3.87. The van der Waals surface area contributed by atoms with Gasteiger partial charge in [0.05, 0.1) is 11.6 Å². The first kappa shape index (κ1) is 15.6. The second-order valence-electron chi connectivity index (χ2n) is 6.57. The van der Waals surface area contributed by atoms with Gasteiger partial charge in [0.1, 0.15) is 11.5 Å². The number of aryl methyl sites for hydroxylation is 1. The molecule has 25 heavy (non-hydrogen) atoms. The number of piperidine rings is 1. The molecule has 5 rings (SSSR count). The van der Waals surface area contributed by atoms with E-state index in [1.807, 2.05) is 18.2 Å². The molecule has 0 saturated carbocycles. The molecule has 8 heteroatoms. The van der Waals surface area contributed by atoms with E-state index in [2.05, 4.69) is 20.7 Å². The summed E-state index contributed by atoms with van der Waals surface area (Å²) in [5, 5.41) is 10.3. The third-order valence-electron chi connectivity index (χ3n) is 4.79. The number of rotatable bonds is 2. The van der Waals surface area contributed by atoms with Crippen molar-refractivity contribution in [2.24, 2.45) is 13.0 Å². The highest BCUT2D eigenvalue weighted by Crippen LogP contribution is 2.24. The number of carbonyl (C=O) groups excluding carboxylic acids is 2. The van der Waals surface area contributed by atoms with Crippen LogP contribution >= 0.6 is 0 Å². The Bertz CT molecular complexity index is 803. The number of amides is 3. The average Bonchev–Trinajstić information content (AvgIpc) is 2.79. The highest BCUT2D eigenvalue weighted by Gasteiger charge is 2.36. The number of pyridine rings is 1. The van der Waals surface area contributed by atoms with Crippen molar-refractivity contribution in [3.63, 3.8) is 0 Å². The van der Waals surface area contributed by atoms with Crippen molar-refractivity contribution in [2.45, 2.75) is 18.9 Å². The lowest BCUT2D eigenvalue weighted by atomic mass is 9.96. The monoisotopic (exact) mass is 340 g/mol. The lowest BCUT2D eigenvalue weighted by Crippen LogP contribution is -2.44. The van der Waals surface area contributed by atoms with Crippen LogP contribution in [-0.2, 0) is 11.8 Å². The molecular formula is C17H20N6O2. The molecule has 3 saturated heterocycles. The maximum absolute atomic E-state index is 12.7. The van der Waals surface area contributed by atoms with Gasteiger partial charge in [-0.15, -0.1) is 0 Å². The zero-order valence-corrected chi connectivity index (χ0v) is 14.0. The number of aromatic nitrogens is 3. The minimum Gasteiger partial charge on any atom is -0.351 e. The Hall–Kier alpha value is -2.90. The van der Waals surface area contributed by atoms with Gasteiger partial charge in [0.2, 0.25) is 5.91 Å². The van der Waals surface area contributed by atoms with E-state index < -0.39 is 0 Å². The van der Waals surface area contributed by atoms with E-state index in [-0.39, 0.29) is 23.9 Å². The summed E-state index contributed by atoms with van der Waals surface area (Å²) in [7, 11) is 1.78. The molecule has 8 nitrogen and oxygen atoms in total. The first-order valence-electron chi connectivity index (χ1n) is 8.42. The zero-order valence-electron chi connectivity index (χ0n) is 14.0. The molecule has 2 aromatic rings. The lowest BCUT2D eigenvalue weighted by Gasteiger charge is -2.23. The van der Waals surface area contributed by atoms with Crippen LogP contribution in [0.3, 0.4) is 0 Å². The number of hydrogen-bond acceptors (Lipinski definition) is 4. The van der Waals surface area contributed by atoms with Gasteiger partial charge in [-0.05, 0) is 25.0 Å². The van der Waals surface area contributed by atoms with Crippen molar-refractivity contribution in [3.05, 3.63) is 30.5 Å². The van der Waals surface area contributed by atoms with Crippen molar-refractivity contribution in [2.75, 3.05) is 18.4 Å². The SMILES string of the molecule is Cn1nc(-c2ccccn2)cc1NC(=O)N1C[C@@H]2CC[C@H](C1)C(=O)N2. The fourth-order valence-electron chi connectivity index (χ4n) is 3.42. The van der Waals surface area contributed by atoms with E-state index >= 15 is 0 Å². The van der Waals surface area contributed by atoms with E-state index in [9.17, 15) is 9.59 Å². The molecule has 0 radical (unpaired) electrons. The number of carbonyl (C=O) groups is 2. The number of hydrogen-bond donors (Lipinski definition) is 2. The van der Waals surface area contributed by atoms with E-state index in [4.69, 9.17) is 0 Å². The normalized spacial score (nSPS) is 22.4. The van der Waals surface area contributed by atoms with Gasteiger partial charge in [0, 0.05) is 38.4 Å². The van der Waals surface area contributed by atoms with Crippen molar-refractivity contribution in [1.82, 2.24) is 25.0 Å². The van der Waals surface area contributed by atoms with E-state index in [0.29, 0.717) is 24.6 Å². The third-order valence-corrected chi connectivity index (χ3v) is 4.79.